The Morgan fingerprint density at radius 2 is 1.80 bits per heavy atom. The van der Waals surface area contributed by atoms with Crippen molar-refractivity contribution in [1.29, 1.82) is 0 Å². The minimum Gasteiger partial charge on any atom is -0.495 e. The molecule has 0 aliphatic carbocycles. The van der Waals surface area contributed by atoms with Crippen LogP contribution < -0.4 is 14.4 Å². The standard InChI is InChI=1S/C18H15Cl2NO4/c1-24-14-5-3-4-10-13(22)8-9-21(16(10)14)18(23)15-11(19)6-7-12(20)17(15)25-2/h3-7H,8-9H2,1-2H3. The van der Waals surface area contributed by atoms with Gasteiger partial charge in [-0.25, -0.2) is 0 Å². The van der Waals surface area contributed by atoms with Crippen LogP contribution in [0.1, 0.15) is 27.1 Å². The molecule has 0 unspecified atom stereocenters. The van der Waals surface area contributed by atoms with E-state index in [2.05, 4.69) is 0 Å². The van der Waals surface area contributed by atoms with Crippen LogP contribution in [-0.4, -0.2) is 32.5 Å². The van der Waals surface area contributed by atoms with Crippen molar-refractivity contribution in [3.8, 4) is 11.5 Å². The van der Waals surface area contributed by atoms with E-state index in [1.165, 1.54) is 25.2 Å². The maximum atomic E-state index is 13.2. The van der Waals surface area contributed by atoms with Crippen LogP contribution in [0.25, 0.3) is 0 Å². The number of methoxy groups -OCH3 is 2. The first kappa shape index (κ1) is 17.6. The van der Waals surface area contributed by atoms with Crippen LogP contribution in [0.15, 0.2) is 30.3 Å². The minimum atomic E-state index is -0.400. The van der Waals surface area contributed by atoms with Crippen molar-refractivity contribution >= 4 is 40.6 Å². The number of Topliss-reactive ketones (excluding diaryl/α,β-unsaturated/α-hetero) is 1. The molecule has 2 aromatic carbocycles. The summed E-state index contributed by atoms with van der Waals surface area (Å²) in [4.78, 5) is 26.9. The summed E-state index contributed by atoms with van der Waals surface area (Å²) in [6.07, 6.45) is 0.215. The van der Waals surface area contributed by atoms with Gasteiger partial charge in [0.05, 0.1) is 30.0 Å². The lowest BCUT2D eigenvalue weighted by Crippen LogP contribution is -2.38. The zero-order chi connectivity index (χ0) is 18.1. The van der Waals surface area contributed by atoms with Gasteiger partial charge in [0, 0.05) is 18.5 Å². The molecule has 0 saturated carbocycles. The Morgan fingerprint density at radius 3 is 2.48 bits per heavy atom. The lowest BCUT2D eigenvalue weighted by Gasteiger charge is -2.30. The van der Waals surface area contributed by atoms with Crippen LogP contribution in [0.5, 0.6) is 11.5 Å². The molecule has 7 heteroatoms. The molecule has 0 bridgehead atoms. The summed E-state index contributed by atoms with van der Waals surface area (Å²) in [5.41, 5.74) is 1.03. The van der Waals surface area contributed by atoms with E-state index in [1.54, 1.807) is 24.3 Å². The van der Waals surface area contributed by atoms with Gasteiger partial charge in [-0.05, 0) is 24.3 Å². The van der Waals surface area contributed by atoms with E-state index >= 15 is 0 Å². The lowest BCUT2D eigenvalue weighted by molar-refractivity contribution is 0.0952. The molecule has 25 heavy (non-hydrogen) atoms. The monoisotopic (exact) mass is 379 g/mol. The Bertz CT molecular complexity index is 866. The predicted molar refractivity (Wildman–Crippen MR) is 96.6 cm³/mol. The molecule has 1 amide bonds. The second-order valence-electron chi connectivity index (χ2n) is 5.42. The van der Waals surface area contributed by atoms with Crippen LogP contribution in [0.4, 0.5) is 5.69 Å². The number of ketones is 1. The molecule has 0 fully saturated rings. The van der Waals surface area contributed by atoms with Crippen molar-refractivity contribution < 1.29 is 19.1 Å². The van der Waals surface area contributed by atoms with E-state index in [0.717, 1.165) is 0 Å². The number of fused-ring (bicyclic) bond motifs is 1. The number of halogens is 2. The summed E-state index contributed by atoms with van der Waals surface area (Å²) in [6.45, 7) is 0.219. The van der Waals surface area contributed by atoms with Crippen molar-refractivity contribution in [2.45, 2.75) is 6.42 Å². The van der Waals surface area contributed by atoms with Crippen LogP contribution in [0, 0.1) is 0 Å². The smallest absolute Gasteiger partial charge is 0.263 e. The first-order valence-electron chi connectivity index (χ1n) is 7.53. The zero-order valence-corrected chi connectivity index (χ0v) is 15.1. The van der Waals surface area contributed by atoms with Crippen molar-refractivity contribution in [2.24, 2.45) is 0 Å². The van der Waals surface area contributed by atoms with Gasteiger partial charge in [-0.2, -0.15) is 0 Å². The van der Waals surface area contributed by atoms with Crippen LogP contribution in [-0.2, 0) is 0 Å². The largest absolute Gasteiger partial charge is 0.495 e. The molecule has 1 aliphatic heterocycles. The molecule has 0 spiro atoms. The summed E-state index contributed by atoms with van der Waals surface area (Å²) in [5.74, 6) is 0.202. The lowest BCUT2D eigenvalue weighted by atomic mass is 9.98. The van der Waals surface area contributed by atoms with Crippen molar-refractivity contribution in [3.05, 3.63) is 51.5 Å². The molecule has 130 valence electrons. The number of amides is 1. The van der Waals surface area contributed by atoms with Crippen molar-refractivity contribution in [2.75, 3.05) is 25.7 Å². The maximum absolute atomic E-state index is 13.2. The summed E-state index contributed by atoms with van der Waals surface area (Å²) < 4.78 is 10.6. The number of anilines is 1. The third kappa shape index (κ3) is 2.94. The van der Waals surface area contributed by atoms with E-state index in [1.807, 2.05) is 0 Å². The third-order valence-corrected chi connectivity index (χ3v) is 4.69. The number of ether oxygens (including phenoxy) is 2. The SMILES string of the molecule is COc1cccc2c1N(C(=O)c1c(Cl)ccc(Cl)c1OC)CCC2=O. The number of rotatable bonds is 3. The molecule has 2 aromatic rings. The summed E-state index contributed by atoms with van der Waals surface area (Å²) in [7, 11) is 2.91. The summed E-state index contributed by atoms with van der Waals surface area (Å²) in [5, 5.41) is 0.503. The maximum Gasteiger partial charge on any atom is 0.263 e. The molecule has 0 N–H and O–H groups in total. The number of carbonyl (C=O) groups excluding carboxylic acids is 2. The van der Waals surface area contributed by atoms with E-state index in [4.69, 9.17) is 32.7 Å². The Balaban J connectivity index is 2.17. The fraction of sp³-hybridized carbons (Fsp3) is 0.222. The fourth-order valence-electron chi connectivity index (χ4n) is 2.92. The highest BCUT2D eigenvalue weighted by molar-refractivity contribution is 6.38. The van der Waals surface area contributed by atoms with E-state index in [9.17, 15) is 9.59 Å². The van der Waals surface area contributed by atoms with Crippen LogP contribution in [0.3, 0.4) is 0 Å². The summed E-state index contributed by atoms with van der Waals surface area (Å²) in [6, 6.07) is 8.20. The number of hydrogen-bond donors (Lipinski definition) is 0. The van der Waals surface area contributed by atoms with Crippen molar-refractivity contribution in [3.63, 3.8) is 0 Å². The molecular formula is C18H15Cl2NO4. The van der Waals surface area contributed by atoms with Gasteiger partial charge in [0.1, 0.15) is 11.3 Å². The first-order valence-corrected chi connectivity index (χ1v) is 8.29. The van der Waals surface area contributed by atoms with Crippen LogP contribution >= 0.6 is 23.2 Å². The molecule has 1 heterocycles. The highest BCUT2D eigenvalue weighted by atomic mass is 35.5. The Hall–Kier alpha value is -2.24. The summed E-state index contributed by atoms with van der Waals surface area (Å²) >= 11 is 12.4. The molecule has 3 rings (SSSR count). The fourth-order valence-corrected chi connectivity index (χ4v) is 3.38. The number of para-hydroxylation sites is 1. The molecule has 0 radical (unpaired) electrons. The number of carbonyl (C=O) groups is 2. The topological polar surface area (TPSA) is 55.8 Å². The Morgan fingerprint density at radius 1 is 1.08 bits per heavy atom. The van der Waals surface area contributed by atoms with Gasteiger partial charge in [0.15, 0.2) is 11.5 Å². The van der Waals surface area contributed by atoms with Gasteiger partial charge in [-0.1, -0.05) is 29.3 Å². The predicted octanol–water partition coefficient (Wildman–Crippen LogP) is 4.24. The van der Waals surface area contributed by atoms with Gasteiger partial charge in [0.2, 0.25) is 0 Å². The average Bonchev–Trinajstić information content (AvgIpc) is 2.62. The van der Waals surface area contributed by atoms with Gasteiger partial charge >= 0.3 is 0 Å². The average molecular weight is 380 g/mol. The van der Waals surface area contributed by atoms with Gasteiger partial charge in [-0.3, -0.25) is 9.59 Å². The van der Waals surface area contributed by atoms with E-state index in [-0.39, 0.29) is 40.1 Å². The quantitative estimate of drug-likeness (QED) is 0.799. The molecule has 0 saturated heterocycles. The number of benzene rings is 2. The molecule has 1 aliphatic rings. The van der Waals surface area contributed by atoms with E-state index < -0.39 is 5.91 Å². The molecule has 5 nitrogen and oxygen atoms in total. The number of hydrogen-bond acceptors (Lipinski definition) is 4. The second-order valence-corrected chi connectivity index (χ2v) is 6.24. The first-order chi connectivity index (χ1) is 12.0. The minimum absolute atomic E-state index is 0.0397. The highest BCUT2D eigenvalue weighted by Crippen LogP contribution is 2.40. The highest BCUT2D eigenvalue weighted by Gasteiger charge is 2.33. The van der Waals surface area contributed by atoms with Crippen molar-refractivity contribution in [1.82, 2.24) is 0 Å². The molecular weight excluding hydrogens is 365 g/mol. The normalized spacial score (nSPS) is 13.4. The van der Waals surface area contributed by atoms with Gasteiger partial charge in [-0.15, -0.1) is 0 Å². The molecule has 0 aromatic heterocycles. The zero-order valence-electron chi connectivity index (χ0n) is 13.6. The Labute approximate surface area is 155 Å². The van der Waals surface area contributed by atoms with E-state index in [0.29, 0.717) is 17.0 Å². The van der Waals surface area contributed by atoms with Gasteiger partial charge < -0.3 is 14.4 Å². The van der Waals surface area contributed by atoms with Crippen LogP contribution in [0.2, 0.25) is 10.0 Å². The number of nitrogens with zero attached hydrogens (tertiary/aromatic N) is 1. The second kappa shape index (κ2) is 6.94. The Kier molecular flexibility index (Phi) is 4.88. The molecule has 0 atom stereocenters. The third-order valence-electron chi connectivity index (χ3n) is 4.07. The van der Waals surface area contributed by atoms with Gasteiger partial charge in [0.25, 0.3) is 5.91 Å².